The molecule has 6 N–H and O–H groups in total. The fraction of sp³-hybridized carbons (Fsp3) is 0.250. The second-order valence-corrected chi connectivity index (χ2v) is 3.86. The monoisotopic (exact) mass is 236 g/mol. The molecule has 0 aliphatic rings. The van der Waals surface area contributed by atoms with Crippen LogP contribution >= 0.6 is 0 Å². The summed E-state index contributed by atoms with van der Waals surface area (Å²) in [6, 6.07) is 4.52. The molecule has 0 spiro atoms. The number of phenols is 1. The highest BCUT2D eigenvalue weighted by atomic mass is 16.3. The van der Waals surface area contributed by atoms with E-state index in [2.05, 4.69) is 0 Å². The number of hydrogen-bond acceptors (Lipinski definition) is 4. The van der Waals surface area contributed by atoms with E-state index in [9.17, 15) is 9.90 Å². The van der Waals surface area contributed by atoms with Crippen molar-refractivity contribution in [3.8, 4) is 5.75 Å². The fourth-order valence-electron chi connectivity index (χ4n) is 1.52. The van der Waals surface area contributed by atoms with Gasteiger partial charge in [0.25, 0.3) is 0 Å². The predicted octanol–water partition coefficient (Wildman–Crippen LogP) is 0.471. The number of hydrogen-bond donors (Lipinski definition) is 4. The van der Waals surface area contributed by atoms with Gasteiger partial charge in [-0.15, -0.1) is 0 Å². The van der Waals surface area contributed by atoms with Gasteiger partial charge in [-0.2, -0.15) is 0 Å². The Bertz CT molecular complexity index is 455. The molecule has 5 heteroatoms. The minimum absolute atomic E-state index is 0.00741. The number of amides is 1. The summed E-state index contributed by atoms with van der Waals surface area (Å²) in [5.74, 6) is -0.968. The molecule has 0 radical (unpaired) electrons. The molecule has 0 aromatic heterocycles. The predicted molar refractivity (Wildman–Crippen MR) is 65.9 cm³/mol. The highest BCUT2D eigenvalue weighted by molar-refractivity contribution is 5.95. The van der Waals surface area contributed by atoms with Gasteiger partial charge >= 0.3 is 0 Å². The van der Waals surface area contributed by atoms with Crippen molar-refractivity contribution >= 4 is 17.2 Å². The second kappa shape index (κ2) is 5.36. The SMILES string of the molecule is CC(CO)C(=CC(N)=O)c1cc(N)ccc1O. The van der Waals surface area contributed by atoms with E-state index in [1.807, 2.05) is 0 Å². The number of primary amides is 1. The molecular formula is C12H16N2O3. The molecule has 0 aliphatic carbocycles. The first-order valence-electron chi connectivity index (χ1n) is 5.16. The standard InChI is InChI=1S/C12H16N2O3/c1-7(6-15)9(5-12(14)17)10-4-8(13)2-3-11(10)16/h2-5,7,15-16H,6,13H2,1H3,(H2,14,17). The van der Waals surface area contributed by atoms with Gasteiger partial charge in [-0.3, -0.25) is 4.79 Å². The van der Waals surface area contributed by atoms with Crippen LogP contribution in [-0.2, 0) is 4.79 Å². The highest BCUT2D eigenvalue weighted by Crippen LogP contribution is 2.31. The summed E-state index contributed by atoms with van der Waals surface area (Å²) < 4.78 is 0. The Morgan fingerprint density at radius 3 is 2.71 bits per heavy atom. The van der Waals surface area contributed by atoms with Gasteiger partial charge in [0.2, 0.25) is 5.91 Å². The van der Waals surface area contributed by atoms with Crippen LogP contribution in [0.3, 0.4) is 0 Å². The summed E-state index contributed by atoms with van der Waals surface area (Å²) in [5.41, 5.74) is 12.0. The Morgan fingerprint density at radius 2 is 2.18 bits per heavy atom. The molecule has 1 unspecified atom stereocenters. The minimum atomic E-state index is -0.637. The fourth-order valence-corrected chi connectivity index (χ4v) is 1.52. The summed E-state index contributed by atoms with van der Waals surface area (Å²) in [6.45, 7) is 1.56. The van der Waals surface area contributed by atoms with E-state index in [0.717, 1.165) is 0 Å². The van der Waals surface area contributed by atoms with Crippen molar-refractivity contribution in [3.63, 3.8) is 0 Å². The van der Waals surface area contributed by atoms with Crippen LogP contribution in [0.5, 0.6) is 5.75 Å². The van der Waals surface area contributed by atoms with E-state index >= 15 is 0 Å². The molecule has 0 saturated carbocycles. The highest BCUT2D eigenvalue weighted by Gasteiger charge is 2.15. The number of anilines is 1. The quantitative estimate of drug-likeness (QED) is 0.346. The van der Waals surface area contributed by atoms with Crippen molar-refractivity contribution in [1.82, 2.24) is 0 Å². The smallest absolute Gasteiger partial charge is 0.241 e. The van der Waals surface area contributed by atoms with Crippen molar-refractivity contribution in [2.75, 3.05) is 12.3 Å². The van der Waals surface area contributed by atoms with Crippen molar-refractivity contribution in [1.29, 1.82) is 0 Å². The number of rotatable bonds is 4. The zero-order valence-corrected chi connectivity index (χ0v) is 9.55. The molecule has 5 nitrogen and oxygen atoms in total. The third-order valence-corrected chi connectivity index (χ3v) is 2.43. The molecule has 0 heterocycles. The number of phenolic OH excluding ortho intramolecular Hbond substituents is 1. The van der Waals surface area contributed by atoms with Gasteiger partial charge in [0.05, 0.1) is 0 Å². The van der Waals surface area contributed by atoms with Gasteiger partial charge in [0.1, 0.15) is 5.75 Å². The molecule has 1 aromatic carbocycles. The number of aromatic hydroxyl groups is 1. The van der Waals surface area contributed by atoms with Gasteiger partial charge in [-0.25, -0.2) is 0 Å². The summed E-state index contributed by atoms with van der Waals surface area (Å²) in [6.07, 6.45) is 1.19. The van der Waals surface area contributed by atoms with Crippen molar-refractivity contribution < 1.29 is 15.0 Å². The van der Waals surface area contributed by atoms with Crippen LogP contribution in [0.15, 0.2) is 24.3 Å². The third-order valence-electron chi connectivity index (χ3n) is 2.43. The molecule has 1 rings (SSSR count). The molecule has 0 bridgehead atoms. The lowest BCUT2D eigenvalue weighted by Gasteiger charge is -2.15. The van der Waals surface area contributed by atoms with E-state index in [1.165, 1.54) is 18.2 Å². The Morgan fingerprint density at radius 1 is 1.53 bits per heavy atom. The Hall–Kier alpha value is -2.01. The zero-order chi connectivity index (χ0) is 13.0. The zero-order valence-electron chi connectivity index (χ0n) is 9.55. The maximum atomic E-state index is 11.0. The first-order valence-corrected chi connectivity index (χ1v) is 5.16. The average Bonchev–Trinajstić information content (AvgIpc) is 2.28. The lowest BCUT2D eigenvalue weighted by Crippen LogP contribution is -2.12. The summed E-state index contributed by atoms with van der Waals surface area (Å²) >= 11 is 0. The number of aliphatic hydroxyl groups excluding tert-OH is 1. The molecular weight excluding hydrogens is 220 g/mol. The number of nitrogen functional groups attached to an aromatic ring is 1. The molecule has 1 atom stereocenters. The van der Waals surface area contributed by atoms with Crippen LogP contribution in [0.1, 0.15) is 12.5 Å². The maximum Gasteiger partial charge on any atom is 0.241 e. The van der Waals surface area contributed by atoms with E-state index in [0.29, 0.717) is 16.8 Å². The largest absolute Gasteiger partial charge is 0.507 e. The topological polar surface area (TPSA) is 110 Å². The van der Waals surface area contributed by atoms with Gasteiger partial charge in [0, 0.05) is 29.9 Å². The molecule has 0 saturated heterocycles. The molecule has 0 fully saturated rings. The van der Waals surface area contributed by atoms with Crippen LogP contribution < -0.4 is 11.5 Å². The number of aliphatic hydroxyl groups is 1. The lowest BCUT2D eigenvalue weighted by atomic mass is 9.93. The van der Waals surface area contributed by atoms with Crippen molar-refractivity contribution in [2.24, 2.45) is 11.7 Å². The van der Waals surface area contributed by atoms with Crippen molar-refractivity contribution in [3.05, 3.63) is 29.8 Å². The molecule has 0 aliphatic heterocycles. The Labute approximate surface area is 99.4 Å². The van der Waals surface area contributed by atoms with Crippen LogP contribution in [-0.4, -0.2) is 22.7 Å². The normalized spacial score (nSPS) is 13.4. The number of carbonyl (C=O) groups is 1. The van der Waals surface area contributed by atoms with Crippen LogP contribution in [0.25, 0.3) is 5.57 Å². The maximum absolute atomic E-state index is 11.0. The number of benzene rings is 1. The van der Waals surface area contributed by atoms with Gasteiger partial charge in [-0.05, 0) is 23.8 Å². The van der Waals surface area contributed by atoms with Gasteiger partial charge < -0.3 is 21.7 Å². The number of carbonyl (C=O) groups excluding carboxylic acids is 1. The second-order valence-electron chi connectivity index (χ2n) is 3.86. The van der Waals surface area contributed by atoms with Crippen LogP contribution in [0.4, 0.5) is 5.69 Å². The summed E-state index contributed by atoms with van der Waals surface area (Å²) in [7, 11) is 0. The van der Waals surface area contributed by atoms with Crippen LogP contribution in [0, 0.1) is 5.92 Å². The number of nitrogens with two attached hydrogens (primary N) is 2. The van der Waals surface area contributed by atoms with Gasteiger partial charge in [-0.1, -0.05) is 6.92 Å². The average molecular weight is 236 g/mol. The van der Waals surface area contributed by atoms with E-state index < -0.39 is 5.91 Å². The van der Waals surface area contributed by atoms with Gasteiger partial charge in [0.15, 0.2) is 0 Å². The molecule has 1 amide bonds. The van der Waals surface area contributed by atoms with E-state index in [1.54, 1.807) is 13.0 Å². The minimum Gasteiger partial charge on any atom is -0.507 e. The summed E-state index contributed by atoms with van der Waals surface area (Å²) in [4.78, 5) is 11.0. The lowest BCUT2D eigenvalue weighted by molar-refractivity contribution is -0.113. The first-order chi connectivity index (χ1) is 7.95. The first kappa shape index (κ1) is 13.1. The van der Waals surface area contributed by atoms with Crippen LogP contribution in [0.2, 0.25) is 0 Å². The molecule has 92 valence electrons. The summed E-state index contributed by atoms with van der Waals surface area (Å²) in [5, 5.41) is 18.9. The van der Waals surface area contributed by atoms with Crippen molar-refractivity contribution in [2.45, 2.75) is 6.92 Å². The third kappa shape index (κ3) is 3.22. The van der Waals surface area contributed by atoms with E-state index in [4.69, 9.17) is 16.6 Å². The Kier molecular flexibility index (Phi) is 4.12. The molecule has 17 heavy (non-hydrogen) atoms. The molecule has 1 aromatic rings. The Balaban J connectivity index is 3.31. The van der Waals surface area contributed by atoms with E-state index in [-0.39, 0.29) is 18.3 Å².